The number of anilines is 1. The van der Waals surface area contributed by atoms with Crippen LogP contribution in [0, 0.1) is 0 Å². The Morgan fingerprint density at radius 2 is 1.50 bits per heavy atom. The van der Waals surface area contributed by atoms with E-state index in [2.05, 4.69) is 14.2 Å². The Kier molecular flexibility index (Phi) is 3.36. The van der Waals surface area contributed by atoms with Crippen LogP contribution < -0.4 is 10.8 Å². The van der Waals surface area contributed by atoms with E-state index in [1.807, 2.05) is 24.3 Å². The van der Waals surface area contributed by atoms with Gasteiger partial charge in [0.25, 0.3) is 0 Å². The lowest BCUT2D eigenvalue weighted by atomic mass is 10.1. The lowest BCUT2D eigenvalue weighted by Crippen LogP contribution is -2.28. The van der Waals surface area contributed by atoms with Crippen molar-refractivity contribution in [1.29, 1.82) is 0 Å². The van der Waals surface area contributed by atoms with Crippen molar-refractivity contribution in [3.8, 4) is 11.1 Å². The van der Waals surface area contributed by atoms with Gasteiger partial charge in [-0.25, -0.2) is 0 Å². The molecule has 3 rings (SSSR count). The van der Waals surface area contributed by atoms with Crippen LogP contribution in [-0.4, -0.2) is 8.42 Å². The fraction of sp³-hybridized carbons (Fsp3) is 0. The highest BCUT2D eigenvalue weighted by Gasteiger charge is 2.28. The number of hydrogen-bond donors (Lipinski definition) is 1. The number of hydrogen-bond acceptors (Lipinski definition) is 6. The Balaban J connectivity index is 1.83. The van der Waals surface area contributed by atoms with Crippen molar-refractivity contribution in [2.45, 2.75) is 0 Å². The summed E-state index contributed by atoms with van der Waals surface area (Å²) < 4.78 is 30.7. The number of rotatable bonds is 2. The molecule has 0 saturated carbocycles. The number of hydrazine groups is 1. The van der Waals surface area contributed by atoms with E-state index < -0.39 is 10.4 Å². The summed E-state index contributed by atoms with van der Waals surface area (Å²) in [5.41, 5.74) is 4.59. The third-order valence-corrected chi connectivity index (χ3v) is 3.53. The molecule has 0 aliphatic carbocycles. The minimum Gasteiger partial charge on any atom is -0.165 e. The van der Waals surface area contributed by atoms with Crippen LogP contribution in [0.1, 0.15) is 0 Å². The Morgan fingerprint density at radius 3 is 2.00 bits per heavy atom. The summed E-state index contributed by atoms with van der Waals surface area (Å²) in [6, 6.07) is 14.4. The van der Waals surface area contributed by atoms with E-state index in [9.17, 15) is 8.42 Å². The van der Waals surface area contributed by atoms with Gasteiger partial charge in [-0.3, -0.25) is 0 Å². The van der Waals surface area contributed by atoms with Gasteiger partial charge in [-0.05, 0) is 35.4 Å². The van der Waals surface area contributed by atoms with Gasteiger partial charge in [-0.2, -0.15) is 8.42 Å². The predicted octanol–water partition coefficient (Wildman–Crippen LogP) is 2.44. The van der Waals surface area contributed by atoms with Gasteiger partial charge in [0.2, 0.25) is 0 Å². The predicted molar refractivity (Wildman–Crippen MR) is 73.6 cm³/mol. The van der Waals surface area contributed by atoms with Crippen LogP contribution in [0.4, 0.5) is 5.69 Å². The molecule has 0 bridgehead atoms. The fourth-order valence-electron chi connectivity index (χ4n) is 1.73. The molecule has 0 radical (unpaired) electrons. The van der Waals surface area contributed by atoms with E-state index in [1.165, 1.54) is 0 Å². The van der Waals surface area contributed by atoms with Crippen molar-refractivity contribution in [3.63, 3.8) is 0 Å². The molecular formula is C12H9ClN2O4S. The molecule has 1 heterocycles. The number of nitrogens with zero attached hydrogens (tertiary/aromatic N) is 1. The normalized spacial score (nSPS) is 17.4. The highest BCUT2D eigenvalue weighted by Crippen LogP contribution is 2.25. The zero-order valence-electron chi connectivity index (χ0n) is 9.99. The Morgan fingerprint density at radius 1 is 0.950 bits per heavy atom. The lowest BCUT2D eigenvalue weighted by Gasteiger charge is -2.11. The SMILES string of the molecule is O=S1(=O)ONN(c2ccc(-c3ccc(Cl)cc3)cc2)O1. The molecule has 1 N–H and O–H groups in total. The maximum atomic E-state index is 11.0. The Labute approximate surface area is 120 Å². The van der Waals surface area contributed by atoms with Crippen LogP contribution in [0.2, 0.25) is 5.02 Å². The van der Waals surface area contributed by atoms with Crippen molar-refractivity contribution >= 4 is 27.7 Å². The summed E-state index contributed by atoms with van der Waals surface area (Å²) in [5, 5.41) is 1.59. The van der Waals surface area contributed by atoms with Gasteiger partial charge in [0, 0.05) is 5.02 Å². The largest absolute Gasteiger partial charge is 0.440 e. The molecule has 1 fully saturated rings. The molecule has 0 amide bonds. The van der Waals surface area contributed by atoms with Gasteiger partial charge < -0.3 is 0 Å². The van der Waals surface area contributed by atoms with Crippen LogP contribution in [0.3, 0.4) is 0 Å². The maximum absolute atomic E-state index is 11.0. The van der Waals surface area contributed by atoms with Gasteiger partial charge in [0.15, 0.2) is 0 Å². The average Bonchev–Trinajstić information content (AvgIpc) is 2.80. The van der Waals surface area contributed by atoms with E-state index in [4.69, 9.17) is 11.6 Å². The summed E-state index contributed by atoms with van der Waals surface area (Å²) in [7, 11) is -4.01. The molecule has 0 atom stereocenters. The average molecular weight is 313 g/mol. The van der Waals surface area contributed by atoms with Crippen LogP contribution in [0.5, 0.6) is 0 Å². The van der Waals surface area contributed by atoms with Gasteiger partial charge in [-0.15, -0.1) is 13.7 Å². The molecular weight excluding hydrogens is 304 g/mol. The third-order valence-electron chi connectivity index (χ3n) is 2.67. The minimum absolute atomic E-state index is 0.490. The second-order valence-electron chi connectivity index (χ2n) is 4.01. The first kappa shape index (κ1) is 13.3. The molecule has 20 heavy (non-hydrogen) atoms. The van der Waals surface area contributed by atoms with Crippen LogP contribution in [-0.2, 0) is 19.0 Å². The molecule has 104 valence electrons. The van der Waals surface area contributed by atoms with E-state index in [0.717, 1.165) is 16.3 Å². The molecule has 8 heteroatoms. The standard InChI is InChI=1S/C12H9ClN2O4S/c13-11-5-1-9(2-6-11)10-3-7-12(8-4-10)15-14-18-20(16,17)19-15/h1-8,14H. The first-order chi connectivity index (χ1) is 9.53. The van der Waals surface area contributed by atoms with E-state index in [-0.39, 0.29) is 0 Å². The van der Waals surface area contributed by atoms with Crippen molar-refractivity contribution in [3.05, 3.63) is 53.6 Å². The van der Waals surface area contributed by atoms with Crippen molar-refractivity contribution in [2.75, 3.05) is 5.17 Å². The lowest BCUT2D eigenvalue weighted by molar-refractivity contribution is 0.198. The molecule has 0 aromatic heterocycles. The topological polar surface area (TPSA) is 67.9 Å². The highest BCUT2D eigenvalue weighted by atomic mass is 35.5. The molecule has 1 aliphatic rings. The first-order valence-corrected chi connectivity index (χ1v) is 7.29. The number of nitrogens with one attached hydrogen (secondary N) is 1. The van der Waals surface area contributed by atoms with E-state index in [0.29, 0.717) is 10.7 Å². The molecule has 6 nitrogen and oxygen atoms in total. The van der Waals surface area contributed by atoms with Gasteiger partial charge >= 0.3 is 10.4 Å². The Hall–Kier alpha value is -1.64. The van der Waals surface area contributed by atoms with Crippen LogP contribution >= 0.6 is 11.6 Å². The molecule has 2 aromatic rings. The second kappa shape index (κ2) is 5.04. The number of benzene rings is 2. The zero-order chi connectivity index (χ0) is 14.2. The zero-order valence-corrected chi connectivity index (χ0v) is 11.6. The third kappa shape index (κ3) is 2.77. The van der Waals surface area contributed by atoms with E-state index in [1.54, 1.807) is 24.3 Å². The molecule has 0 spiro atoms. The monoisotopic (exact) mass is 312 g/mol. The van der Waals surface area contributed by atoms with Crippen molar-refractivity contribution < 1.29 is 17.0 Å². The summed E-state index contributed by atoms with van der Waals surface area (Å²) in [6.45, 7) is 0. The van der Waals surface area contributed by atoms with Crippen LogP contribution in [0.15, 0.2) is 48.5 Å². The number of halogens is 1. The fourth-order valence-corrected chi connectivity index (χ4v) is 2.34. The molecule has 2 aromatic carbocycles. The quantitative estimate of drug-likeness (QED) is 0.918. The summed E-state index contributed by atoms with van der Waals surface area (Å²) in [4.78, 5) is 0. The van der Waals surface area contributed by atoms with E-state index >= 15 is 0 Å². The molecule has 1 saturated heterocycles. The van der Waals surface area contributed by atoms with Gasteiger partial charge in [0.1, 0.15) is 0 Å². The van der Waals surface area contributed by atoms with Gasteiger partial charge in [0.05, 0.1) is 5.69 Å². The smallest absolute Gasteiger partial charge is 0.165 e. The molecule has 1 aliphatic heterocycles. The van der Waals surface area contributed by atoms with Crippen molar-refractivity contribution in [2.24, 2.45) is 0 Å². The van der Waals surface area contributed by atoms with Crippen molar-refractivity contribution in [1.82, 2.24) is 5.59 Å². The van der Waals surface area contributed by atoms with Gasteiger partial charge in [-0.1, -0.05) is 41.5 Å². The summed E-state index contributed by atoms with van der Waals surface area (Å²) in [6.07, 6.45) is 0. The maximum Gasteiger partial charge on any atom is 0.440 e. The molecule has 0 unspecified atom stereocenters. The summed E-state index contributed by atoms with van der Waals surface area (Å²) >= 11 is 5.83. The van der Waals surface area contributed by atoms with Crippen LogP contribution in [0.25, 0.3) is 11.1 Å². The Bertz CT molecular complexity index is 716. The second-order valence-corrected chi connectivity index (χ2v) is 5.57. The summed E-state index contributed by atoms with van der Waals surface area (Å²) in [5.74, 6) is 0. The highest BCUT2D eigenvalue weighted by molar-refractivity contribution is 7.82. The first-order valence-electron chi connectivity index (χ1n) is 5.58. The minimum atomic E-state index is -4.01.